The first kappa shape index (κ1) is 20.7. The molecule has 3 atom stereocenters. The molecule has 2 amide bonds. The van der Waals surface area contributed by atoms with Gasteiger partial charge >= 0.3 is 0 Å². The Balaban J connectivity index is 1.62. The number of methoxy groups -OCH3 is 1. The molecule has 5 rings (SSSR count). The molecule has 2 aliphatic rings. The molecule has 0 unspecified atom stereocenters. The molecule has 0 saturated carbocycles. The van der Waals surface area contributed by atoms with Crippen LogP contribution in [-0.4, -0.2) is 25.0 Å². The van der Waals surface area contributed by atoms with Crippen molar-refractivity contribution in [2.45, 2.75) is 19.1 Å². The first-order valence-corrected chi connectivity index (χ1v) is 11.1. The van der Waals surface area contributed by atoms with E-state index in [0.29, 0.717) is 11.4 Å². The van der Waals surface area contributed by atoms with Gasteiger partial charge in [-0.25, -0.2) is 9.96 Å². The van der Waals surface area contributed by atoms with E-state index in [1.54, 1.807) is 29.3 Å². The fourth-order valence-corrected chi connectivity index (χ4v) is 4.93. The number of ether oxygens (including phenoxy) is 1. The molecule has 3 aromatic rings. The Hall–Kier alpha value is -3.16. The van der Waals surface area contributed by atoms with Gasteiger partial charge in [0.05, 0.1) is 24.5 Å². The van der Waals surface area contributed by atoms with E-state index >= 15 is 0 Å². The number of rotatable bonds is 4. The van der Waals surface area contributed by atoms with Crippen molar-refractivity contribution in [1.82, 2.24) is 0 Å². The Morgan fingerprint density at radius 3 is 2.34 bits per heavy atom. The summed E-state index contributed by atoms with van der Waals surface area (Å²) < 4.78 is 6.30. The minimum atomic E-state index is -0.920. The fraction of sp³-hybridized carbons (Fsp3) is 0.200. The highest BCUT2D eigenvalue weighted by Gasteiger charge is 2.60. The third-order valence-corrected chi connectivity index (χ3v) is 6.48. The molecule has 2 fully saturated rings. The standard InChI is InChI=1S/C25H21BrN2O4/c1-15-8-3-4-11-18(15)28-22(16-9-7-10-17(26)14-16)21-23(32-28)25(30)27(24(21)29)19-12-5-6-13-20(19)31-2/h3-14,21-23H,1-2H3/t21-,22+,23+/m0/s1. The number of anilines is 2. The van der Waals surface area contributed by atoms with Gasteiger partial charge in [0, 0.05) is 4.47 Å². The molecule has 0 spiro atoms. The lowest BCUT2D eigenvalue weighted by molar-refractivity contribution is -0.126. The molecule has 162 valence electrons. The van der Waals surface area contributed by atoms with Gasteiger partial charge in [0.2, 0.25) is 5.91 Å². The predicted molar refractivity (Wildman–Crippen MR) is 124 cm³/mol. The second kappa shape index (κ2) is 8.07. The Labute approximate surface area is 194 Å². The van der Waals surface area contributed by atoms with E-state index in [4.69, 9.17) is 9.57 Å². The van der Waals surface area contributed by atoms with Crippen LogP contribution in [0.2, 0.25) is 0 Å². The van der Waals surface area contributed by atoms with Crippen LogP contribution in [-0.2, 0) is 14.4 Å². The van der Waals surface area contributed by atoms with Crippen LogP contribution in [0.4, 0.5) is 11.4 Å². The van der Waals surface area contributed by atoms with Crippen LogP contribution in [0.1, 0.15) is 17.2 Å². The molecule has 7 heteroatoms. The van der Waals surface area contributed by atoms with Crippen LogP contribution in [0.25, 0.3) is 0 Å². The van der Waals surface area contributed by atoms with Crippen LogP contribution >= 0.6 is 15.9 Å². The molecule has 0 N–H and O–H groups in total. The zero-order valence-electron chi connectivity index (χ0n) is 17.6. The largest absolute Gasteiger partial charge is 0.495 e. The van der Waals surface area contributed by atoms with E-state index in [1.807, 2.05) is 55.5 Å². The number of benzene rings is 3. The summed E-state index contributed by atoms with van der Waals surface area (Å²) in [5.74, 6) is -0.920. The number of para-hydroxylation sites is 3. The Morgan fingerprint density at radius 1 is 0.906 bits per heavy atom. The first-order chi connectivity index (χ1) is 15.5. The van der Waals surface area contributed by atoms with Crippen molar-refractivity contribution < 1.29 is 19.2 Å². The van der Waals surface area contributed by atoms with Gasteiger partial charge in [0.1, 0.15) is 11.7 Å². The highest BCUT2D eigenvalue weighted by atomic mass is 79.9. The van der Waals surface area contributed by atoms with E-state index in [1.165, 1.54) is 12.0 Å². The Bertz CT molecular complexity index is 1210. The average Bonchev–Trinajstić information content (AvgIpc) is 3.30. The second-order valence-electron chi connectivity index (χ2n) is 7.85. The molecule has 32 heavy (non-hydrogen) atoms. The molecule has 2 heterocycles. The van der Waals surface area contributed by atoms with Crippen molar-refractivity contribution >= 4 is 39.1 Å². The van der Waals surface area contributed by atoms with Gasteiger partial charge in [-0.15, -0.1) is 0 Å². The zero-order chi connectivity index (χ0) is 22.4. The van der Waals surface area contributed by atoms with Crippen molar-refractivity contribution in [1.29, 1.82) is 0 Å². The average molecular weight is 493 g/mol. The van der Waals surface area contributed by atoms with Gasteiger partial charge in [-0.3, -0.25) is 14.4 Å². The number of nitrogens with zero attached hydrogens (tertiary/aromatic N) is 2. The van der Waals surface area contributed by atoms with Crippen LogP contribution in [0.3, 0.4) is 0 Å². The lowest BCUT2D eigenvalue weighted by Gasteiger charge is -2.30. The predicted octanol–water partition coefficient (Wildman–Crippen LogP) is 4.82. The summed E-state index contributed by atoms with van der Waals surface area (Å²) in [6.07, 6.45) is -0.920. The van der Waals surface area contributed by atoms with Crippen LogP contribution in [0.15, 0.2) is 77.3 Å². The third kappa shape index (κ3) is 3.20. The topological polar surface area (TPSA) is 59.1 Å². The third-order valence-electron chi connectivity index (χ3n) is 5.98. The quantitative estimate of drug-likeness (QED) is 0.488. The molecule has 2 aliphatic heterocycles. The normalized spacial score (nSPS) is 22.4. The lowest BCUT2D eigenvalue weighted by atomic mass is 9.90. The molecular weight excluding hydrogens is 472 g/mol. The molecule has 0 aromatic heterocycles. The molecule has 3 aromatic carbocycles. The highest BCUT2D eigenvalue weighted by molar-refractivity contribution is 9.10. The van der Waals surface area contributed by atoms with Gasteiger partial charge < -0.3 is 4.74 Å². The number of aryl methyl sites for hydroxylation is 1. The van der Waals surface area contributed by atoms with Crippen molar-refractivity contribution in [3.05, 3.63) is 88.4 Å². The van der Waals surface area contributed by atoms with E-state index < -0.39 is 18.1 Å². The molecule has 0 radical (unpaired) electrons. The summed E-state index contributed by atoms with van der Waals surface area (Å²) in [7, 11) is 1.52. The van der Waals surface area contributed by atoms with Crippen molar-refractivity contribution in [2.24, 2.45) is 5.92 Å². The summed E-state index contributed by atoms with van der Waals surface area (Å²) in [5, 5.41) is 1.72. The van der Waals surface area contributed by atoms with Gasteiger partial charge in [-0.2, -0.15) is 0 Å². The summed E-state index contributed by atoms with van der Waals surface area (Å²) >= 11 is 3.53. The monoisotopic (exact) mass is 492 g/mol. The van der Waals surface area contributed by atoms with E-state index in [0.717, 1.165) is 21.3 Å². The number of fused-ring (bicyclic) bond motifs is 1. The van der Waals surface area contributed by atoms with Crippen molar-refractivity contribution in [3.8, 4) is 5.75 Å². The maximum Gasteiger partial charge on any atom is 0.266 e. The first-order valence-electron chi connectivity index (χ1n) is 10.3. The van der Waals surface area contributed by atoms with E-state index in [2.05, 4.69) is 15.9 Å². The summed E-state index contributed by atoms with van der Waals surface area (Å²) in [5.41, 5.74) is 3.14. The van der Waals surface area contributed by atoms with Crippen LogP contribution in [0.5, 0.6) is 5.75 Å². The number of hydroxylamine groups is 1. The van der Waals surface area contributed by atoms with Crippen molar-refractivity contribution in [2.75, 3.05) is 17.1 Å². The van der Waals surface area contributed by atoms with E-state index in [-0.39, 0.29) is 11.8 Å². The summed E-state index contributed by atoms with van der Waals surface area (Å²) in [6.45, 7) is 1.98. The van der Waals surface area contributed by atoms with Crippen LogP contribution < -0.4 is 14.7 Å². The van der Waals surface area contributed by atoms with Gasteiger partial charge in [-0.1, -0.05) is 58.4 Å². The number of carbonyl (C=O) groups excluding carboxylic acids is 2. The summed E-state index contributed by atoms with van der Waals surface area (Å²) in [6, 6.07) is 22.1. The lowest BCUT2D eigenvalue weighted by Crippen LogP contribution is -2.37. The second-order valence-corrected chi connectivity index (χ2v) is 8.76. The molecule has 6 nitrogen and oxygen atoms in total. The van der Waals surface area contributed by atoms with Crippen LogP contribution in [0, 0.1) is 12.8 Å². The molecular formula is C25H21BrN2O4. The van der Waals surface area contributed by atoms with Gasteiger partial charge in [0.25, 0.3) is 5.91 Å². The number of halogens is 1. The van der Waals surface area contributed by atoms with Gasteiger partial charge in [0.15, 0.2) is 6.10 Å². The van der Waals surface area contributed by atoms with E-state index in [9.17, 15) is 9.59 Å². The maximum absolute atomic E-state index is 13.7. The maximum atomic E-state index is 13.7. The number of amides is 2. The van der Waals surface area contributed by atoms with Gasteiger partial charge in [-0.05, 0) is 48.4 Å². The number of imide groups is 1. The minimum absolute atomic E-state index is 0.300. The Morgan fingerprint density at radius 2 is 1.62 bits per heavy atom. The number of hydrogen-bond acceptors (Lipinski definition) is 5. The Kier molecular flexibility index (Phi) is 5.23. The minimum Gasteiger partial charge on any atom is -0.495 e. The number of hydrogen-bond donors (Lipinski definition) is 0. The highest BCUT2D eigenvalue weighted by Crippen LogP contribution is 2.49. The smallest absolute Gasteiger partial charge is 0.266 e. The molecule has 0 aliphatic carbocycles. The zero-order valence-corrected chi connectivity index (χ0v) is 19.2. The number of carbonyl (C=O) groups is 2. The summed E-state index contributed by atoms with van der Waals surface area (Å²) in [4.78, 5) is 34.6. The van der Waals surface area contributed by atoms with Crippen molar-refractivity contribution in [3.63, 3.8) is 0 Å². The SMILES string of the molecule is COc1ccccc1N1C(=O)[C@H]2[C@@H](c3cccc(Br)c3)N(c3ccccc3C)O[C@H]2C1=O. The molecule has 2 saturated heterocycles. The molecule has 0 bridgehead atoms. The fourth-order valence-electron chi connectivity index (χ4n) is 4.52.